The third kappa shape index (κ3) is 3.73. The molecule has 1 aliphatic rings. The standard InChI is InChI=1S/C15H24N2O2S/c1-3-8-17(11-12-5-4-7-16-10-12)15(18)14-13(19-2)6-9-20-14/h6,9,12,16H,3-5,7-8,10-11H2,1-2H3. The molecule has 1 amide bonds. The molecule has 0 aliphatic carbocycles. The zero-order valence-electron chi connectivity index (χ0n) is 12.4. The highest BCUT2D eigenvalue weighted by atomic mass is 32.1. The molecular weight excluding hydrogens is 272 g/mol. The van der Waals surface area contributed by atoms with Crippen molar-refractivity contribution in [1.29, 1.82) is 0 Å². The van der Waals surface area contributed by atoms with Crippen molar-refractivity contribution in [2.75, 3.05) is 33.3 Å². The van der Waals surface area contributed by atoms with E-state index in [1.165, 1.54) is 24.2 Å². The first-order valence-corrected chi connectivity index (χ1v) is 8.25. The molecule has 1 atom stereocenters. The van der Waals surface area contributed by atoms with Crippen LogP contribution in [0.15, 0.2) is 11.4 Å². The summed E-state index contributed by atoms with van der Waals surface area (Å²) in [5.41, 5.74) is 0. The van der Waals surface area contributed by atoms with E-state index in [2.05, 4.69) is 12.2 Å². The molecule has 1 aromatic heterocycles. The second-order valence-electron chi connectivity index (χ2n) is 5.28. The minimum Gasteiger partial charge on any atom is -0.495 e. The number of carbonyl (C=O) groups is 1. The van der Waals surface area contributed by atoms with Gasteiger partial charge in [0, 0.05) is 13.1 Å². The van der Waals surface area contributed by atoms with Crippen molar-refractivity contribution in [2.24, 2.45) is 5.92 Å². The zero-order valence-corrected chi connectivity index (χ0v) is 13.2. The summed E-state index contributed by atoms with van der Waals surface area (Å²) in [6, 6.07) is 1.87. The molecule has 1 N–H and O–H groups in total. The van der Waals surface area contributed by atoms with Gasteiger partial charge in [-0.2, -0.15) is 0 Å². The molecular formula is C15H24N2O2S. The van der Waals surface area contributed by atoms with Gasteiger partial charge in [-0.1, -0.05) is 6.92 Å². The molecule has 1 saturated heterocycles. The van der Waals surface area contributed by atoms with Gasteiger partial charge in [0.25, 0.3) is 5.91 Å². The third-order valence-corrected chi connectivity index (χ3v) is 4.59. The van der Waals surface area contributed by atoms with E-state index in [4.69, 9.17) is 4.74 Å². The summed E-state index contributed by atoms with van der Waals surface area (Å²) in [7, 11) is 1.62. The SMILES string of the molecule is CCCN(CC1CCCNC1)C(=O)c1sccc1OC. The molecule has 0 bridgehead atoms. The van der Waals surface area contributed by atoms with Gasteiger partial charge in [-0.3, -0.25) is 4.79 Å². The van der Waals surface area contributed by atoms with Gasteiger partial charge in [0.05, 0.1) is 7.11 Å². The van der Waals surface area contributed by atoms with E-state index in [-0.39, 0.29) is 5.91 Å². The number of nitrogens with zero attached hydrogens (tertiary/aromatic N) is 1. The van der Waals surface area contributed by atoms with Crippen LogP contribution in [0.1, 0.15) is 35.9 Å². The van der Waals surface area contributed by atoms with Crippen LogP contribution in [-0.4, -0.2) is 44.1 Å². The summed E-state index contributed by atoms with van der Waals surface area (Å²) in [4.78, 5) is 15.4. The van der Waals surface area contributed by atoms with E-state index < -0.39 is 0 Å². The zero-order chi connectivity index (χ0) is 14.4. The van der Waals surface area contributed by atoms with Gasteiger partial charge >= 0.3 is 0 Å². The van der Waals surface area contributed by atoms with Crippen molar-refractivity contribution >= 4 is 17.2 Å². The second-order valence-corrected chi connectivity index (χ2v) is 6.20. The lowest BCUT2D eigenvalue weighted by molar-refractivity contribution is 0.0720. The number of ether oxygens (including phenoxy) is 1. The second kappa shape index (κ2) is 7.64. The van der Waals surface area contributed by atoms with Crippen LogP contribution in [0.4, 0.5) is 0 Å². The summed E-state index contributed by atoms with van der Waals surface area (Å²) in [5.74, 6) is 1.39. The Kier molecular flexibility index (Phi) is 5.86. The lowest BCUT2D eigenvalue weighted by atomic mass is 9.99. The lowest BCUT2D eigenvalue weighted by Crippen LogP contribution is -2.41. The van der Waals surface area contributed by atoms with Crippen LogP contribution in [-0.2, 0) is 0 Å². The Bertz CT molecular complexity index is 427. The number of carbonyl (C=O) groups excluding carboxylic acids is 1. The quantitative estimate of drug-likeness (QED) is 0.877. The normalized spacial score (nSPS) is 18.8. The fraction of sp³-hybridized carbons (Fsp3) is 0.667. The van der Waals surface area contributed by atoms with E-state index in [0.29, 0.717) is 11.7 Å². The molecule has 2 rings (SSSR count). The summed E-state index contributed by atoms with van der Waals surface area (Å²) >= 11 is 1.47. The highest BCUT2D eigenvalue weighted by Gasteiger charge is 2.24. The molecule has 1 fully saturated rings. The Morgan fingerprint density at radius 1 is 1.60 bits per heavy atom. The predicted molar refractivity (Wildman–Crippen MR) is 82.7 cm³/mol. The Hall–Kier alpha value is -1.07. The first-order chi connectivity index (χ1) is 9.76. The maximum absolute atomic E-state index is 12.7. The Balaban J connectivity index is 2.04. The highest BCUT2D eigenvalue weighted by molar-refractivity contribution is 7.12. The van der Waals surface area contributed by atoms with Crippen LogP contribution in [0.3, 0.4) is 0 Å². The maximum Gasteiger partial charge on any atom is 0.267 e. The smallest absolute Gasteiger partial charge is 0.267 e. The van der Waals surface area contributed by atoms with Crippen LogP contribution in [0.5, 0.6) is 5.75 Å². The van der Waals surface area contributed by atoms with Gasteiger partial charge in [0.2, 0.25) is 0 Å². The maximum atomic E-state index is 12.7. The number of hydrogen-bond acceptors (Lipinski definition) is 4. The Labute approximate surface area is 125 Å². The van der Waals surface area contributed by atoms with Gasteiger partial charge in [-0.05, 0) is 49.7 Å². The Morgan fingerprint density at radius 2 is 2.45 bits per heavy atom. The average molecular weight is 296 g/mol. The first-order valence-electron chi connectivity index (χ1n) is 7.37. The van der Waals surface area contributed by atoms with E-state index in [1.54, 1.807) is 7.11 Å². The molecule has 112 valence electrons. The molecule has 1 aliphatic heterocycles. The molecule has 0 aromatic carbocycles. The number of thiophene rings is 1. The molecule has 1 aromatic rings. The number of rotatable bonds is 6. The van der Waals surface area contributed by atoms with Crippen molar-refractivity contribution < 1.29 is 9.53 Å². The van der Waals surface area contributed by atoms with Crippen LogP contribution >= 0.6 is 11.3 Å². The summed E-state index contributed by atoms with van der Waals surface area (Å²) in [6.45, 7) is 5.91. The largest absolute Gasteiger partial charge is 0.495 e. The van der Waals surface area contributed by atoms with Crippen molar-refractivity contribution in [3.05, 3.63) is 16.3 Å². The van der Waals surface area contributed by atoms with E-state index >= 15 is 0 Å². The number of amides is 1. The first kappa shape index (κ1) is 15.3. The van der Waals surface area contributed by atoms with Crippen molar-refractivity contribution in [2.45, 2.75) is 26.2 Å². The summed E-state index contributed by atoms with van der Waals surface area (Å²) in [6.07, 6.45) is 3.41. The number of piperidine rings is 1. The van der Waals surface area contributed by atoms with Gasteiger partial charge in [-0.15, -0.1) is 11.3 Å². The molecule has 5 heteroatoms. The molecule has 0 spiro atoms. The van der Waals surface area contributed by atoms with Crippen LogP contribution in [0.2, 0.25) is 0 Å². The van der Waals surface area contributed by atoms with Crippen LogP contribution < -0.4 is 10.1 Å². The topological polar surface area (TPSA) is 41.6 Å². The summed E-state index contributed by atoms with van der Waals surface area (Å²) in [5, 5.41) is 5.33. The molecule has 4 nitrogen and oxygen atoms in total. The molecule has 2 heterocycles. The van der Waals surface area contributed by atoms with Gasteiger partial charge in [0.15, 0.2) is 0 Å². The highest BCUT2D eigenvalue weighted by Crippen LogP contribution is 2.26. The minimum atomic E-state index is 0.115. The lowest BCUT2D eigenvalue weighted by Gasteiger charge is -2.30. The van der Waals surface area contributed by atoms with Crippen LogP contribution in [0, 0.1) is 5.92 Å². The molecule has 1 unspecified atom stereocenters. The van der Waals surface area contributed by atoms with Gasteiger partial charge in [0.1, 0.15) is 10.6 Å². The molecule has 0 radical (unpaired) electrons. The van der Waals surface area contributed by atoms with Crippen molar-refractivity contribution in [3.8, 4) is 5.75 Å². The number of nitrogens with one attached hydrogen (secondary N) is 1. The predicted octanol–water partition coefficient (Wildman–Crippen LogP) is 2.61. The van der Waals surface area contributed by atoms with Crippen molar-refractivity contribution in [3.63, 3.8) is 0 Å². The third-order valence-electron chi connectivity index (χ3n) is 3.70. The van der Waals surface area contributed by atoms with E-state index in [1.807, 2.05) is 16.3 Å². The fourth-order valence-electron chi connectivity index (χ4n) is 2.69. The molecule has 0 saturated carbocycles. The van der Waals surface area contributed by atoms with Gasteiger partial charge in [-0.25, -0.2) is 0 Å². The summed E-state index contributed by atoms with van der Waals surface area (Å²) < 4.78 is 5.28. The monoisotopic (exact) mass is 296 g/mol. The van der Waals surface area contributed by atoms with Crippen molar-refractivity contribution in [1.82, 2.24) is 10.2 Å². The van der Waals surface area contributed by atoms with E-state index in [0.717, 1.165) is 37.5 Å². The fourth-order valence-corrected chi connectivity index (χ4v) is 3.52. The number of hydrogen-bond donors (Lipinski definition) is 1. The van der Waals surface area contributed by atoms with E-state index in [9.17, 15) is 4.79 Å². The average Bonchev–Trinajstić information content (AvgIpc) is 2.95. The Morgan fingerprint density at radius 3 is 3.10 bits per heavy atom. The molecule has 20 heavy (non-hydrogen) atoms. The van der Waals surface area contributed by atoms with Gasteiger partial charge < -0.3 is 15.0 Å². The minimum absolute atomic E-state index is 0.115. The number of methoxy groups -OCH3 is 1. The van der Waals surface area contributed by atoms with Crippen LogP contribution in [0.25, 0.3) is 0 Å².